The molecule has 0 fully saturated rings. The van der Waals surface area contributed by atoms with Crippen LogP contribution in [0, 0.1) is 9.39 Å². The molecule has 0 radical (unpaired) electrons. The Morgan fingerprint density at radius 3 is 2.84 bits per heavy atom. The lowest BCUT2D eigenvalue weighted by molar-refractivity contribution is 0.617. The standard InChI is InChI=1S/C13H9FIN3S/c14-7-5-12(9(16)6-8(7)15)19-13-17-10-3-1-2-4-11(10)18-13/h1-6H,16H2,(H,17,18). The summed E-state index contributed by atoms with van der Waals surface area (Å²) in [4.78, 5) is 8.27. The minimum atomic E-state index is -0.270. The fraction of sp³-hybridized carbons (Fsp3) is 0. The molecule has 0 aliphatic rings. The topological polar surface area (TPSA) is 54.7 Å². The fourth-order valence-electron chi connectivity index (χ4n) is 1.71. The number of nitrogen functional groups attached to an aromatic ring is 1. The fourth-order valence-corrected chi connectivity index (χ4v) is 3.06. The Balaban J connectivity index is 1.98. The van der Waals surface area contributed by atoms with Crippen LogP contribution in [-0.2, 0) is 0 Å². The number of rotatable bonds is 2. The first-order chi connectivity index (χ1) is 9.13. The van der Waals surface area contributed by atoms with Crippen molar-refractivity contribution in [3.8, 4) is 0 Å². The number of para-hydroxylation sites is 2. The van der Waals surface area contributed by atoms with Crippen molar-refractivity contribution in [2.75, 3.05) is 5.73 Å². The maximum Gasteiger partial charge on any atom is 0.171 e. The SMILES string of the molecule is Nc1cc(I)c(F)cc1Sc1nc2ccccc2[nH]1. The van der Waals surface area contributed by atoms with Crippen molar-refractivity contribution >= 4 is 51.1 Å². The van der Waals surface area contributed by atoms with E-state index in [0.717, 1.165) is 11.0 Å². The zero-order valence-electron chi connectivity index (χ0n) is 9.65. The number of H-pyrrole nitrogens is 1. The van der Waals surface area contributed by atoms with Gasteiger partial charge < -0.3 is 10.7 Å². The number of hydrogen-bond donors (Lipinski definition) is 2. The average molecular weight is 385 g/mol. The quantitative estimate of drug-likeness (QED) is 0.517. The van der Waals surface area contributed by atoms with E-state index in [1.54, 1.807) is 6.07 Å². The van der Waals surface area contributed by atoms with Crippen LogP contribution in [0.5, 0.6) is 0 Å². The third-order valence-electron chi connectivity index (χ3n) is 2.63. The molecule has 0 amide bonds. The molecule has 96 valence electrons. The highest BCUT2D eigenvalue weighted by atomic mass is 127. The zero-order chi connectivity index (χ0) is 13.4. The van der Waals surface area contributed by atoms with Crippen molar-refractivity contribution in [3.05, 3.63) is 45.8 Å². The van der Waals surface area contributed by atoms with Crippen LogP contribution in [0.4, 0.5) is 10.1 Å². The molecule has 1 aromatic heterocycles. The second-order valence-electron chi connectivity index (χ2n) is 3.97. The number of halogens is 2. The molecule has 2 aromatic carbocycles. The maximum absolute atomic E-state index is 13.6. The number of benzene rings is 2. The van der Waals surface area contributed by atoms with E-state index < -0.39 is 0 Å². The molecular formula is C13H9FIN3S. The van der Waals surface area contributed by atoms with Crippen LogP contribution in [-0.4, -0.2) is 9.97 Å². The molecule has 0 spiro atoms. The average Bonchev–Trinajstić information content (AvgIpc) is 2.78. The third-order valence-corrected chi connectivity index (χ3v) is 4.41. The van der Waals surface area contributed by atoms with Gasteiger partial charge in [-0.25, -0.2) is 9.37 Å². The summed E-state index contributed by atoms with van der Waals surface area (Å²) in [6, 6.07) is 10.8. The molecule has 3 N–H and O–H groups in total. The lowest BCUT2D eigenvalue weighted by atomic mass is 10.3. The molecule has 3 aromatic rings. The van der Waals surface area contributed by atoms with E-state index in [4.69, 9.17) is 5.73 Å². The Morgan fingerprint density at radius 2 is 2.05 bits per heavy atom. The molecule has 19 heavy (non-hydrogen) atoms. The molecule has 0 aliphatic carbocycles. The van der Waals surface area contributed by atoms with E-state index in [1.165, 1.54) is 17.8 Å². The van der Waals surface area contributed by atoms with Gasteiger partial charge in [-0.3, -0.25) is 0 Å². The van der Waals surface area contributed by atoms with Gasteiger partial charge in [-0.1, -0.05) is 12.1 Å². The number of fused-ring (bicyclic) bond motifs is 1. The smallest absolute Gasteiger partial charge is 0.171 e. The summed E-state index contributed by atoms with van der Waals surface area (Å²) >= 11 is 3.25. The van der Waals surface area contributed by atoms with Gasteiger partial charge in [-0.05, 0) is 58.6 Å². The van der Waals surface area contributed by atoms with Gasteiger partial charge in [0, 0.05) is 10.6 Å². The highest BCUT2D eigenvalue weighted by Gasteiger charge is 2.10. The normalized spacial score (nSPS) is 11.1. The zero-order valence-corrected chi connectivity index (χ0v) is 12.6. The minimum absolute atomic E-state index is 0.270. The number of nitrogens with zero attached hydrogens (tertiary/aromatic N) is 1. The first kappa shape index (κ1) is 12.7. The largest absolute Gasteiger partial charge is 0.398 e. The Labute approximate surface area is 126 Å². The highest BCUT2D eigenvalue weighted by molar-refractivity contribution is 14.1. The monoisotopic (exact) mass is 385 g/mol. The first-order valence-corrected chi connectivity index (χ1v) is 7.40. The second kappa shape index (κ2) is 5.01. The predicted octanol–water partition coefficient (Wildman–Crippen LogP) is 4.04. The van der Waals surface area contributed by atoms with E-state index in [0.29, 0.717) is 19.3 Å². The maximum atomic E-state index is 13.6. The molecule has 0 saturated heterocycles. The molecule has 1 heterocycles. The number of hydrogen-bond acceptors (Lipinski definition) is 3. The number of aromatic nitrogens is 2. The van der Waals surface area contributed by atoms with E-state index in [1.807, 2.05) is 46.9 Å². The Morgan fingerprint density at radius 1 is 1.26 bits per heavy atom. The molecule has 6 heteroatoms. The summed E-state index contributed by atoms with van der Waals surface area (Å²) < 4.78 is 14.1. The summed E-state index contributed by atoms with van der Waals surface area (Å²) in [6.07, 6.45) is 0. The van der Waals surface area contributed by atoms with E-state index >= 15 is 0 Å². The first-order valence-electron chi connectivity index (χ1n) is 5.50. The van der Waals surface area contributed by atoms with Gasteiger partial charge in [0.2, 0.25) is 0 Å². The van der Waals surface area contributed by atoms with Gasteiger partial charge in [0.25, 0.3) is 0 Å². The predicted molar refractivity (Wildman–Crippen MR) is 83.7 cm³/mol. The Hall–Kier alpha value is -1.28. The van der Waals surface area contributed by atoms with Crippen LogP contribution in [0.1, 0.15) is 0 Å². The molecule has 0 unspecified atom stereocenters. The number of aromatic amines is 1. The molecular weight excluding hydrogens is 376 g/mol. The van der Waals surface area contributed by atoms with Crippen molar-refractivity contribution in [2.45, 2.75) is 10.1 Å². The Bertz CT molecular complexity index is 724. The molecule has 0 atom stereocenters. The number of anilines is 1. The molecule has 0 aliphatic heterocycles. The minimum Gasteiger partial charge on any atom is -0.398 e. The summed E-state index contributed by atoms with van der Waals surface area (Å²) in [7, 11) is 0. The third kappa shape index (κ3) is 2.55. The van der Waals surface area contributed by atoms with Crippen LogP contribution in [0.15, 0.2) is 46.5 Å². The van der Waals surface area contributed by atoms with E-state index in [9.17, 15) is 4.39 Å². The van der Waals surface area contributed by atoms with Crippen LogP contribution < -0.4 is 5.73 Å². The van der Waals surface area contributed by atoms with Crippen molar-refractivity contribution in [1.29, 1.82) is 0 Å². The summed E-state index contributed by atoms with van der Waals surface area (Å²) in [6.45, 7) is 0. The van der Waals surface area contributed by atoms with Crippen LogP contribution in [0.2, 0.25) is 0 Å². The number of nitrogens with two attached hydrogens (primary N) is 1. The second-order valence-corrected chi connectivity index (χ2v) is 6.16. The number of nitrogens with one attached hydrogen (secondary N) is 1. The lowest BCUT2D eigenvalue weighted by Gasteiger charge is -2.04. The van der Waals surface area contributed by atoms with Crippen LogP contribution in [0.3, 0.4) is 0 Å². The van der Waals surface area contributed by atoms with Gasteiger partial charge in [0.15, 0.2) is 5.16 Å². The van der Waals surface area contributed by atoms with Crippen molar-refractivity contribution in [1.82, 2.24) is 9.97 Å². The van der Waals surface area contributed by atoms with Gasteiger partial charge in [-0.2, -0.15) is 0 Å². The van der Waals surface area contributed by atoms with Gasteiger partial charge in [0.1, 0.15) is 5.82 Å². The van der Waals surface area contributed by atoms with Crippen molar-refractivity contribution in [2.24, 2.45) is 0 Å². The van der Waals surface area contributed by atoms with Crippen LogP contribution in [0.25, 0.3) is 11.0 Å². The molecule has 0 saturated carbocycles. The number of imidazole rings is 1. The summed E-state index contributed by atoms with van der Waals surface area (Å²) in [5.41, 5.74) is 8.29. The molecule has 3 nitrogen and oxygen atoms in total. The van der Waals surface area contributed by atoms with Gasteiger partial charge in [0.05, 0.1) is 14.6 Å². The lowest BCUT2D eigenvalue weighted by Crippen LogP contribution is -1.93. The molecule has 3 rings (SSSR count). The summed E-state index contributed by atoms with van der Waals surface area (Å²) in [5.74, 6) is -0.270. The van der Waals surface area contributed by atoms with Crippen molar-refractivity contribution in [3.63, 3.8) is 0 Å². The van der Waals surface area contributed by atoms with Gasteiger partial charge in [-0.15, -0.1) is 0 Å². The van der Waals surface area contributed by atoms with E-state index in [2.05, 4.69) is 9.97 Å². The summed E-state index contributed by atoms with van der Waals surface area (Å²) in [5, 5.41) is 0.702. The highest BCUT2D eigenvalue weighted by Crippen LogP contribution is 2.33. The Kier molecular flexibility index (Phi) is 3.36. The van der Waals surface area contributed by atoms with E-state index in [-0.39, 0.29) is 5.82 Å². The van der Waals surface area contributed by atoms with Crippen LogP contribution >= 0.6 is 34.4 Å². The van der Waals surface area contributed by atoms with Crippen molar-refractivity contribution < 1.29 is 4.39 Å². The molecule has 0 bridgehead atoms. The van der Waals surface area contributed by atoms with Gasteiger partial charge >= 0.3 is 0 Å².